The van der Waals surface area contributed by atoms with Gasteiger partial charge in [0.25, 0.3) is 5.69 Å². The van der Waals surface area contributed by atoms with E-state index in [-0.39, 0.29) is 23.2 Å². The Morgan fingerprint density at radius 1 is 1.37 bits per heavy atom. The maximum absolute atomic E-state index is 11.9. The van der Waals surface area contributed by atoms with Gasteiger partial charge >= 0.3 is 0 Å². The molecule has 0 aliphatic carbocycles. The van der Waals surface area contributed by atoms with Crippen molar-refractivity contribution in [2.75, 3.05) is 13.2 Å². The molecule has 0 heterocycles. The number of nitrogens with zero attached hydrogens (tertiary/aromatic N) is 1. The second kappa shape index (κ2) is 6.60. The fraction of sp³-hybridized carbons (Fsp3) is 0.455. The molecule has 0 fully saturated rings. The van der Waals surface area contributed by atoms with E-state index in [4.69, 9.17) is 4.74 Å². The molecule has 106 valence electrons. The normalized spacial score (nSPS) is 13.2. The molecule has 19 heavy (non-hydrogen) atoms. The fourth-order valence-electron chi connectivity index (χ4n) is 1.40. The van der Waals surface area contributed by atoms with E-state index in [2.05, 4.69) is 4.72 Å². The summed E-state index contributed by atoms with van der Waals surface area (Å²) in [6.07, 6.45) is -0.238. The molecular formula is C11H16N2O5S. The number of ether oxygens (including phenoxy) is 1. The molecule has 0 aliphatic heterocycles. The maximum atomic E-state index is 11.9. The van der Waals surface area contributed by atoms with Crippen molar-refractivity contribution in [1.29, 1.82) is 0 Å². The molecule has 1 N–H and O–H groups in total. The minimum atomic E-state index is -3.67. The van der Waals surface area contributed by atoms with Crippen LogP contribution in [0.1, 0.15) is 13.8 Å². The van der Waals surface area contributed by atoms with Gasteiger partial charge in [0.1, 0.15) is 0 Å². The highest BCUT2D eigenvalue weighted by Gasteiger charge is 2.16. The van der Waals surface area contributed by atoms with Gasteiger partial charge in [-0.1, -0.05) is 0 Å². The van der Waals surface area contributed by atoms with E-state index in [1.165, 1.54) is 12.1 Å². The van der Waals surface area contributed by atoms with Crippen LogP contribution in [0.3, 0.4) is 0 Å². The summed E-state index contributed by atoms with van der Waals surface area (Å²) in [4.78, 5) is 9.88. The zero-order valence-corrected chi connectivity index (χ0v) is 11.5. The molecule has 0 aromatic heterocycles. The van der Waals surface area contributed by atoms with Crippen LogP contribution in [0.25, 0.3) is 0 Å². The Labute approximate surface area is 111 Å². The second-order valence-electron chi connectivity index (χ2n) is 3.87. The molecule has 0 saturated heterocycles. The lowest BCUT2D eigenvalue weighted by Gasteiger charge is -2.12. The van der Waals surface area contributed by atoms with Gasteiger partial charge in [0.2, 0.25) is 10.0 Å². The minimum Gasteiger partial charge on any atom is -0.377 e. The highest BCUT2D eigenvalue weighted by Crippen LogP contribution is 2.15. The van der Waals surface area contributed by atoms with E-state index in [1.54, 1.807) is 6.92 Å². The molecule has 1 rings (SSSR count). The molecule has 0 bridgehead atoms. The van der Waals surface area contributed by atoms with Crippen LogP contribution in [0.4, 0.5) is 5.69 Å². The number of nitro groups is 1. The average Bonchev–Trinajstić information content (AvgIpc) is 2.37. The van der Waals surface area contributed by atoms with Gasteiger partial charge in [0.05, 0.1) is 15.9 Å². The first-order valence-electron chi connectivity index (χ1n) is 5.72. The van der Waals surface area contributed by atoms with Crippen molar-refractivity contribution in [2.24, 2.45) is 0 Å². The monoisotopic (exact) mass is 288 g/mol. The van der Waals surface area contributed by atoms with Gasteiger partial charge in [-0.15, -0.1) is 0 Å². The number of hydrogen-bond donors (Lipinski definition) is 1. The van der Waals surface area contributed by atoms with Gasteiger partial charge in [-0.25, -0.2) is 13.1 Å². The van der Waals surface area contributed by atoms with E-state index in [0.717, 1.165) is 12.1 Å². The van der Waals surface area contributed by atoms with Crippen LogP contribution < -0.4 is 4.72 Å². The van der Waals surface area contributed by atoms with Crippen LogP contribution >= 0.6 is 0 Å². The van der Waals surface area contributed by atoms with Crippen LogP contribution in [0.5, 0.6) is 0 Å². The second-order valence-corrected chi connectivity index (χ2v) is 5.64. The summed E-state index contributed by atoms with van der Waals surface area (Å²) in [6.45, 7) is 4.22. The zero-order valence-electron chi connectivity index (χ0n) is 10.7. The first-order chi connectivity index (χ1) is 8.86. The molecule has 8 heteroatoms. The van der Waals surface area contributed by atoms with E-state index in [0.29, 0.717) is 6.61 Å². The number of nitro benzene ring substituents is 1. The molecule has 1 aromatic carbocycles. The van der Waals surface area contributed by atoms with E-state index in [1.807, 2.05) is 6.92 Å². The molecule has 1 aromatic rings. The van der Waals surface area contributed by atoms with Crippen molar-refractivity contribution in [3.8, 4) is 0 Å². The van der Waals surface area contributed by atoms with Crippen LogP contribution in [-0.2, 0) is 14.8 Å². The Kier molecular flexibility index (Phi) is 5.40. The van der Waals surface area contributed by atoms with Crippen LogP contribution in [-0.4, -0.2) is 32.6 Å². The van der Waals surface area contributed by atoms with Crippen molar-refractivity contribution < 1.29 is 18.1 Å². The van der Waals surface area contributed by atoms with Crippen LogP contribution in [0, 0.1) is 10.1 Å². The zero-order chi connectivity index (χ0) is 14.5. The summed E-state index contributed by atoms with van der Waals surface area (Å²) in [5.41, 5.74) is -0.151. The standard InChI is InChI=1S/C11H16N2O5S/c1-3-18-9(2)8-12-19(16,17)11-6-4-10(5-7-11)13(14)15/h4-7,9,12H,3,8H2,1-2H3. The smallest absolute Gasteiger partial charge is 0.269 e. The molecular weight excluding hydrogens is 272 g/mol. The van der Waals surface area contributed by atoms with Gasteiger partial charge in [-0.3, -0.25) is 10.1 Å². The Hall–Kier alpha value is -1.51. The summed E-state index contributed by atoms with van der Waals surface area (Å²) < 4.78 is 31.4. The van der Waals surface area contributed by atoms with E-state index >= 15 is 0 Å². The van der Waals surface area contributed by atoms with E-state index < -0.39 is 14.9 Å². The SMILES string of the molecule is CCOC(C)CNS(=O)(=O)c1ccc([N+](=O)[O-])cc1. The molecule has 0 saturated carbocycles. The number of nitrogens with one attached hydrogen (secondary N) is 1. The highest BCUT2D eigenvalue weighted by atomic mass is 32.2. The van der Waals surface area contributed by atoms with Gasteiger partial charge in [0, 0.05) is 25.3 Å². The van der Waals surface area contributed by atoms with Crippen LogP contribution in [0.2, 0.25) is 0 Å². The van der Waals surface area contributed by atoms with Gasteiger partial charge in [-0.05, 0) is 26.0 Å². The lowest BCUT2D eigenvalue weighted by atomic mass is 10.3. The maximum Gasteiger partial charge on any atom is 0.269 e. The highest BCUT2D eigenvalue weighted by molar-refractivity contribution is 7.89. The van der Waals surface area contributed by atoms with Crippen molar-refractivity contribution in [3.05, 3.63) is 34.4 Å². The molecule has 0 radical (unpaired) electrons. The quantitative estimate of drug-likeness (QED) is 0.602. The predicted molar refractivity (Wildman–Crippen MR) is 69.4 cm³/mol. The third kappa shape index (κ3) is 4.58. The molecule has 1 atom stereocenters. The third-order valence-electron chi connectivity index (χ3n) is 2.37. The van der Waals surface area contributed by atoms with Gasteiger partial charge in [0.15, 0.2) is 0 Å². The minimum absolute atomic E-state index is 0.0122. The van der Waals surface area contributed by atoms with Crippen molar-refractivity contribution in [2.45, 2.75) is 24.8 Å². The fourth-order valence-corrected chi connectivity index (χ4v) is 2.52. The van der Waals surface area contributed by atoms with E-state index in [9.17, 15) is 18.5 Å². The lowest BCUT2D eigenvalue weighted by Crippen LogP contribution is -2.32. The molecule has 0 aliphatic rings. The number of benzene rings is 1. The van der Waals surface area contributed by atoms with Crippen molar-refractivity contribution in [1.82, 2.24) is 4.72 Å². The van der Waals surface area contributed by atoms with Crippen LogP contribution in [0.15, 0.2) is 29.2 Å². The van der Waals surface area contributed by atoms with Crippen molar-refractivity contribution in [3.63, 3.8) is 0 Å². The molecule has 7 nitrogen and oxygen atoms in total. The van der Waals surface area contributed by atoms with Gasteiger partial charge < -0.3 is 4.74 Å². The topological polar surface area (TPSA) is 98.5 Å². The number of sulfonamides is 1. The summed E-state index contributed by atoms with van der Waals surface area (Å²) in [7, 11) is -3.67. The Balaban J connectivity index is 2.74. The Bertz CT molecular complexity index is 527. The third-order valence-corrected chi connectivity index (χ3v) is 3.81. The molecule has 0 spiro atoms. The number of rotatable bonds is 7. The predicted octanol–water partition coefficient (Wildman–Crippen LogP) is 1.30. The lowest BCUT2D eigenvalue weighted by molar-refractivity contribution is -0.384. The largest absolute Gasteiger partial charge is 0.377 e. The molecule has 1 unspecified atom stereocenters. The summed E-state index contributed by atoms with van der Waals surface area (Å²) >= 11 is 0. The summed E-state index contributed by atoms with van der Waals surface area (Å²) in [5.74, 6) is 0. The Morgan fingerprint density at radius 2 is 1.95 bits per heavy atom. The first-order valence-corrected chi connectivity index (χ1v) is 7.21. The average molecular weight is 288 g/mol. The van der Waals surface area contributed by atoms with Crippen molar-refractivity contribution >= 4 is 15.7 Å². The Morgan fingerprint density at radius 3 is 2.42 bits per heavy atom. The molecule has 0 amide bonds. The number of hydrogen-bond acceptors (Lipinski definition) is 5. The first kappa shape index (κ1) is 15.5. The van der Waals surface area contributed by atoms with Gasteiger partial charge in [-0.2, -0.15) is 0 Å². The summed E-state index contributed by atoms with van der Waals surface area (Å²) in [5, 5.41) is 10.5. The summed E-state index contributed by atoms with van der Waals surface area (Å²) in [6, 6.07) is 4.71. The number of non-ortho nitro benzene ring substituents is 1.